The second kappa shape index (κ2) is 7.43. The van der Waals surface area contributed by atoms with Gasteiger partial charge in [0.15, 0.2) is 0 Å². The molecule has 21 heavy (non-hydrogen) atoms. The van der Waals surface area contributed by atoms with E-state index in [2.05, 4.69) is 38.0 Å². The van der Waals surface area contributed by atoms with Crippen molar-refractivity contribution in [3.05, 3.63) is 0 Å². The van der Waals surface area contributed by atoms with E-state index >= 15 is 0 Å². The predicted octanol–water partition coefficient (Wildman–Crippen LogP) is 3.15. The van der Waals surface area contributed by atoms with Crippen LogP contribution in [0.3, 0.4) is 0 Å². The van der Waals surface area contributed by atoms with Crippen molar-refractivity contribution in [2.45, 2.75) is 65.0 Å². The normalized spacial score (nSPS) is 30.9. The van der Waals surface area contributed by atoms with Gasteiger partial charge in [-0.1, -0.05) is 20.8 Å². The second-order valence-electron chi connectivity index (χ2n) is 8.25. The van der Waals surface area contributed by atoms with Crippen molar-refractivity contribution in [3.63, 3.8) is 0 Å². The van der Waals surface area contributed by atoms with Gasteiger partial charge in [0, 0.05) is 32.3 Å². The van der Waals surface area contributed by atoms with E-state index in [9.17, 15) is 0 Å². The molecule has 3 atom stereocenters. The first kappa shape index (κ1) is 17.2. The molecule has 0 aromatic heterocycles. The molecule has 3 heteroatoms. The van der Waals surface area contributed by atoms with Crippen LogP contribution in [0.1, 0.15) is 52.9 Å². The van der Waals surface area contributed by atoms with E-state index in [0.717, 1.165) is 31.0 Å². The molecule has 124 valence electrons. The van der Waals surface area contributed by atoms with Crippen LogP contribution in [0.15, 0.2) is 0 Å². The summed E-state index contributed by atoms with van der Waals surface area (Å²) >= 11 is 0. The maximum atomic E-state index is 5.31. The van der Waals surface area contributed by atoms with Crippen LogP contribution in [-0.4, -0.2) is 50.8 Å². The van der Waals surface area contributed by atoms with Gasteiger partial charge < -0.3 is 10.1 Å². The zero-order valence-electron chi connectivity index (χ0n) is 14.8. The fourth-order valence-corrected chi connectivity index (χ4v) is 4.00. The Morgan fingerprint density at radius 2 is 1.86 bits per heavy atom. The molecule has 0 aliphatic heterocycles. The highest BCUT2D eigenvalue weighted by atomic mass is 16.5. The number of ether oxygens (including phenoxy) is 1. The quantitative estimate of drug-likeness (QED) is 0.781. The molecule has 1 N–H and O–H groups in total. The van der Waals surface area contributed by atoms with Crippen molar-refractivity contribution in [3.8, 4) is 0 Å². The van der Waals surface area contributed by atoms with Gasteiger partial charge in [-0.25, -0.2) is 0 Å². The highest BCUT2D eigenvalue weighted by molar-refractivity contribution is 4.92. The molecule has 2 aliphatic carbocycles. The van der Waals surface area contributed by atoms with Crippen molar-refractivity contribution in [2.24, 2.45) is 17.3 Å². The highest BCUT2D eigenvalue weighted by Gasteiger charge is 2.38. The Balaban J connectivity index is 1.95. The first-order valence-electron chi connectivity index (χ1n) is 8.86. The molecule has 0 spiro atoms. The zero-order valence-corrected chi connectivity index (χ0v) is 14.8. The molecule has 0 saturated heterocycles. The van der Waals surface area contributed by atoms with E-state index in [-0.39, 0.29) is 0 Å². The van der Waals surface area contributed by atoms with Crippen molar-refractivity contribution in [2.75, 3.05) is 33.9 Å². The Kier molecular flexibility index (Phi) is 6.10. The fraction of sp³-hybridized carbons (Fsp3) is 1.00. The third kappa shape index (κ3) is 4.94. The molecule has 0 amide bonds. The molecule has 0 bridgehead atoms. The Bertz CT molecular complexity index is 309. The third-order valence-electron chi connectivity index (χ3n) is 5.69. The van der Waals surface area contributed by atoms with E-state index in [4.69, 9.17) is 4.74 Å². The summed E-state index contributed by atoms with van der Waals surface area (Å²) in [6, 6.07) is 1.54. The summed E-state index contributed by atoms with van der Waals surface area (Å²) in [4.78, 5) is 2.70. The van der Waals surface area contributed by atoms with Gasteiger partial charge in [0.05, 0.1) is 6.61 Å². The van der Waals surface area contributed by atoms with E-state index in [1.807, 2.05) is 7.11 Å². The van der Waals surface area contributed by atoms with Crippen molar-refractivity contribution in [1.29, 1.82) is 0 Å². The largest absolute Gasteiger partial charge is 0.383 e. The number of methoxy groups -OCH3 is 1. The minimum absolute atomic E-state index is 0.452. The first-order valence-corrected chi connectivity index (χ1v) is 8.86. The maximum absolute atomic E-state index is 5.31. The molecular formula is C18H36N2O. The van der Waals surface area contributed by atoms with Crippen LogP contribution < -0.4 is 5.32 Å². The SMILES string of the molecule is CNC1CCC(C(C)(C)C)CC1CN(CCOC)C1CC1. The van der Waals surface area contributed by atoms with Gasteiger partial charge in [0.1, 0.15) is 0 Å². The van der Waals surface area contributed by atoms with E-state index in [1.165, 1.54) is 38.6 Å². The Morgan fingerprint density at radius 1 is 1.14 bits per heavy atom. The lowest BCUT2D eigenvalue weighted by Crippen LogP contribution is -2.47. The molecule has 3 nitrogen and oxygen atoms in total. The average molecular weight is 296 g/mol. The molecule has 0 aromatic carbocycles. The molecule has 0 aromatic rings. The summed E-state index contributed by atoms with van der Waals surface area (Å²) in [5.41, 5.74) is 0.452. The van der Waals surface area contributed by atoms with Gasteiger partial charge in [-0.15, -0.1) is 0 Å². The molecule has 2 saturated carbocycles. The standard InChI is InChI=1S/C18H36N2O/c1-18(2,3)15-6-9-17(19-4)14(12-15)13-20(10-11-21-5)16-7-8-16/h14-17,19H,6-13H2,1-5H3. The van der Waals surface area contributed by atoms with Crippen LogP contribution in [0.5, 0.6) is 0 Å². The summed E-state index contributed by atoms with van der Waals surface area (Å²) in [7, 11) is 3.96. The van der Waals surface area contributed by atoms with E-state index < -0.39 is 0 Å². The zero-order chi connectivity index (χ0) is 15.5. The van der Waals surface area contributed by atoms with Gasteiger partial charge in [-0.05, 0) is 56.4 Å². The van der Waals surface area contributed by atoms with E-state index in [1.54, 1.807) is 0 Å². The second-order valence-corrected chi connectivity index (χ2v) is 8.25. The summed E-state index contributed by atoms with van der Waals surface area (Å²) < 4.78 is 5.31. The summed E-state index contributed by atoms with van der Waals surface area (Å²) in [5, 5.41) is 3.59. The molecule has 0 heterocycles. The smallest absolute Gasteiger partial charge is 0.0589 e. The van der Waals surface area contributed by atoms with Crippen LogP contribution in [0.4, 0.5) is 0 Å². The van der Waals surface area contributed by atoms with Crippen molar-refractivity contribution < 1.29 is 4.74 Å². The minimum atomic E-state index is 0.452. The Hall–Kier alpha value is -0.120. The van der Waals surface area contributed by atoms with Crippen LogP contribution in [-0.2, 0) is 4.74 Å². The summed E-state index contributed by atoms with van der Waals surface area (Å²) in [5.74, 6) is 1.67. The molecular weight excluding hydrogens is 260 g/mol. The number of nitrogens with zero attached hydrogens (tertiary/aromatic N) is 1. The van der Waals surface area contributed by atoms with Gasteiger partial charge in [-0.3, -0.25) is 4.90 Å². The highest BCUT2D eigenvalue weighted by Crippen LogP contribution is 2.41. The maximum Gasteiger partial charge on any atom is 0.0589 e. The van der Waals surface area contributed by atoms with Crippen LogP contribution in [0.2, 0.25) is 0 Å². The fourth-order valence-electron chi connectivity index (χ4n) is 4.00. The number of nitrogens with one attached hydrogen (secondary N) is 1. The van der Waals surface area contributed by atoms with Gasteiger partial charge >= 0.3 is 0 Å². The van der Waals surface area contributed by atoms with Gasteiger partial charge in [0.25, 0.3) is 0 Å². The summed E-state index contributed by atoms with van der Waals surface area (Å²) in [6.07, 6.45) is 6.89. The number of hydrogen-bond acceptors (Lipinski definition) is 3. The van der Waals surface area contributed by atoms with E-state index in [0.29, 0.717) is 11.5 Å². The lowest BCUT2D eigenvalue weighted by atomic mass is 9.67. The van der Waals surface area contributed by atoms with Crippen molar-refractivity contribution >= 4 is 0 Å². The predicted molar refractivity (Wildman–Crippen MR) is 89.6 cm³/mol. The van der Waals surface area contributed by atoms with Crippen LogP contribution >= 0.6 is 0 Å². The topological polar surface area (TPSA) is 24.5 Å². The van der Waals surface area contributed by atoms with Crippen molar-refractivity contribution in [1.82, 2.24) is 10.2 Å². The Labute approximate surface area is 131 Å². The third-order valence-corrected chi connectivity index (χ3v) is 5.69. The lowest BCUT2D eigenvalue weighted by molar-refractivity contribution is 0.0747. The average Bonchev–Trinajstić information content (AvgIpc) is 3.26. The molecule has 2 rings (SSSR count). The molecule has 3 unspecified atom stereocenters. The number of rotatable bonds is 7. The number of hydrogen-bond donors (Lipinski definition) is 1. The Morgan fingerprint density at radius 3 is 2.38 bits per heavy atom. The molecule has 2 aliphatic rings. The van der Waals surface area contributed by atoms with Gasteiger partial charge in [0.2, 0.25) is 0 Å². The van der Waals surface area contributed by atoms with Crippen LogP contribution in [0, 0.1) is 17.3 Å². The first-order chi connectivity index (χ1) is 9.95. The van der Waals surface area contributed by atoms with Crippen LogP contribution in [0.25, 0.3) is 0 Å². The summed E-state index contributed by atoms with van der Waals surface area (Å²) in [6.45, 7) is 10.5. The molecule has 2 fully saturated rings. The monoisotopic (exact) mass is 296 g/mol. The lowest BCUT2D eigenvalue weighted by Gasteiger charge is -2.43. The minimum Gasteiger partial charge on any atom is -0.383 e. The molecule has 0 radical (unpaired) electrons. The van der Waals surface area contributed by atoms with Gasteiger partial charge in [-0.2, -0.15) is 0 Å².